The maximum Gasteiger partial charge on any atom is 0.134 e. The van der Waals surface area contributed by atoms with Crippen LogP contribution in [0.25, 0.3) is 11.3 Å². The van der Waals surface area contributed by atoms with Crippen molar-refractivity contribution in [1.29, 1.82) is 0 Å². The molecule has 4 heteroatoms. The number of furan rings is 1. The topological polar surface area (TPSA) is 42.4 Å². The van der Waals surface area contributed by atoms with Crippen LogP contribution >= 0.6 is 15.9 Å². The summed E-state index contributed by atoms with van der Waals surface area (Å²) in [5.74, 6) is 2.49. The molecule has 1 aliphatic rings. The standard InChI is InChI=1S/C16H19BrN2O/c1-11-8-19(10-15(11)18)9-14-6-7-16(20-14)12-2-4-13(17)5-3-12/h2-7,11,15H,8-10,18H2,1H3. The minimum absolute atomic E-state index is 0.288. The van der Waals surface area contributed by atoms with Gasteiger partial charge in [0, 0.05) is 29.2 Å². The van der Waals surface area contributed by atoms with Crippen LogP contribution in [0.3, 0.4) is 0 Å². The average molecular weight is 335 g/mol. The average Bonchev–Trinajstić information content (AvgIpc) is 2.99. The summed E-state index contributed by atoms with van der Waals surface area (Å²) in [5, 5.41) is 0. The normalized spacial score (nSPS) is 23.4. The van der Waals surface area contributed by atoms with Crippen LogP contribution in [-0.4, -0.2) is 24.0 Å². The number of likely N-dealkylation sites (tertiary alicyclic amines) is 1. The highest BCUT2D eigenvalue weighted by molar-refractivity contribution is 9.10. The third-order valence-electron chi connectivity index (χ3n) is 3.92. The second-order valence-corrected chi connectivity index (χ2v) is 6.52. The first-order valence-electron chi connectivity index (χ1n) is 6.94. The first kappa shape index (κ1) is 13.9. The van der Waals surface area contributed by atoms with Crippen LogP contribution in [0.1, 0.15) is 12.7 Å². The third kappa shape index (κ3) is 2.97. The van der Waals surface area contributed by atoms with Crippen molar-refractivity contribution >= 4 is 15.9 Å². The number of nitrogens with two attached hydrogens (primary N) is 1. The van der Waals surface area contributed by atoms with Gasteiger partial charge in [-0.05, 0) is 30.2 Å². The molecule has 106 valence electrons. The van der Waals surface area contributed by atoms with E-state index in [-0.39, 0.29) is 6.04 Å². The highest BCUT2D eigenvalue weighted by Gasteiger charge is 2.26. The summed E-state index contributed by atoms with van der Waals surface area (Å²) in [5.41, 5.74) is 7.16. The van der Waals surface area contributed by atoms with Gasteiger partial charge in [0.1, 0.15) is 11.5 Å². The van der Waals surface area contributed by atoms with Crippen molar-refractivity contribution < 1.29 is 4.42 Å². The Morgan fingerprint density at radius 1 is 1.20 bits per heavy atom. The molecule has 20 heavy (non-hydrogen) atoms. The Kier molecular flexibility index (Phi) is 3.96. The lowest BCUT2D eigenvalue weighted by Crippen LogP contribution is -2.28. The van der Waals surface area contributed by atoms with Crippen molar-refractivity contribution in [3.63, 3.8) is 0 Å². The van der Waals surface area contributed by atoms with E-state index < -0.39 is 0 Å². The van der Waals surface area contributed by atoms with E-state index in [2.05, 4.69) is 46.0 Å². The molecule has 2 N–H and O–H groups in total. The first-order chi connectivity index (χ1) is 9.61. The van der Waals surface area contributed by atoms with E-state index in [0.29, 0.717) is 5.92 Å². The summed E-state index contributed by atoms with van der Waals surface area (Å²) < 4.78 is 7.02. The number of rotatable bonds is 3. The zero-order valence-electron chi connectivity index (χ0n) is 11.6. The SMILES string of the molecule is CC1CN(Cc2ccc(-c3ccc(Br)cc3)o2)CC1N. The van der Waals surface area contributed by atoms with Crippen LogP contribution in [-0.2, 0) is 6.54 Å². The summed E-state index contributed by atoms with van der Waals surface area (Å²) in [4.78, 5) is 2.36. The first-order valence-corrected chi connectivity index (χ1v) is 7.74. The van der Waals surface area contributed by atoms with Gasteiger partial charge in [-0.25, -0.2) is 0 Å². The fraction of sp³-hybridized carbons (Fsp3) is 0.375. The molecule has 2 atom stereocenters. The van der Waals surface area contributed by atoms with Crippen LogP contribution in [0.2, 0.25) is 0 Å². The van der Waals surface area contributed by atoms with Crippen molar-refractivity contribution in [2.24, 2.45) is 11.7 Å². The van der Waals surface area contributed by atoms with Crippen molar-refractivity contribution in [2.75, 3.05) is 13.1 Å². The molecule has 2 heterocycles. The van der Waals surface area contributed by atoms with Gasteiger partial charge in [0.05, 0.1) is 6.54 Å². The number of hydrogen-bond acceptors (Lipinski definition) is 3. The predicted molar refractivity (Wildman–Crippen MR) is 84.3 cm³/mol. The van der Waals surface area contributed by atoms with Gasteiger partial charge in [0.15, 0.2) is 0 Å². The Labute approximate surface area is 127 Å². The summed E-state index contributed by atoms with van der Waals surface area (Å²) in [7, 11) is 0. The van der Waals surface area contributed by atoms with Crippen LogP contribution in [0.5, 0.6) is 0 Å². The molecule has 3 nitrogen and oxygen atoms in total. The lowest BCUT2D eigenvalue weighted by Gasteiger charge is -2.12. The van der Waals surface area contributed by atoms with E-state index in [1.807, 2.05) is 18.2 Å². The molecule has 1 aromatic heterocycles. The molecule has 1 aromatic carbocycles. The number of benzene rings is 1. The smallest absolute Gasteiger partial charge is 0.134 e. The molecule has 3 rings (SSSR count). The molecule has 1 saturated heterocycles. The third-order valence-corrected chi connectivity index (χ3v) is 4.44. The Balaban J connectivity index is 1.69. The monoisotopic (exact) mass is 334 g/mol. The van der Waals surface area contributed by atoms with E-state index >= 15 is 0 Å². The van der Waals surface area contributed by atoms with Gasteiger partial charge in [0.25, 0.3) is 0 Å². The maximum absolute atomic E-state index is 6.06. The molecule has 1 fully saturated rings. The van der Waals surface area contributed by atoms with E-state index in [4.69, 9.17) is 10.2 Å². The number of nitrogens with zero attached hydrogens (tertiary/aromatic N) is 1. The molecule has 0 bridgehead atoms. The lowest BCUT2D eigenvalue weighted by atomic mass is 10.1. The summed E-state index contributed by atoms with van der Waals surface area (Å²) in [6, 6.07) is 12.6. The molecule has 1 aliphatic heterocycles. The zero-order valence-corrected chi connectivity index (χ0v) is 13.1. The van der Waals surface area contributed by atoms with Crippen LogP contribution in [0.4, 0.5) is 0 Å². The zero-order chi connectivity index (χ0) is 14.1. The molecule has 0 amide bonds. The van der Waals surface area contributed by atoms with Gasteiger partial charge >= 0.3 is 0 Å². The Morgan fingerprint density at radius 2 is 1.95 bits per heavy atom. The molecule has 0 aliphatic carbocycles. The minimum atomic E-state index is 0.288. The van der Waals surface area contributed by atoms with E-state index in [1.165, 1.54) is 0 Å². The second-order valence-electron chi connectivity index (χ2n) is 5.61. The Bertz CT molecular complexity index is 568. The maximum atomic E-state index is 6.06. The fourth-order valence-electron chi connectivity index (χ4n) is 2.68. The predicted octanol–water partition coefficient (Wildman–Crippen LogP) is 3.49. The van der Waals surface area contributed by atoms with Crippen molar-refractivity contribution in [1.82, 2.24) is 4.90 Å². The molecule has 2 aromatic rings. The Morgan fingerprint density at radius 3 is 2.60 bits per heavy atom. The van der Waals surface area contributed by atoms with Gasteiger partial charge < -0.3 is 10.2 Å². The van der Waals surface area contributed by atoms with Crippen LogP contribution in [0, 0.1) is 5.92 Å². The van der Waals surface area contributed by atoms with E-state index in [0.717, 1.165) is 41.2 Å². The quantitative estimate of drug-likeness (QED) is 0.934. The molecular formula is C16H19BrN2O. The highest BCUT2D eigenvalue weighted by atomic mass is 79.9. The second kappa shape index (κ2) is 5.72. The fourth-order valence-corrected chi connectivity index (χ4v) is 2.94. The van der Waals surface area contributed by atoms with Gasteiger partial charge in [-0.3, -0.25) is 4.90 Å². The van der Waals surface area contributed by atoms with Gasteiger partial charge in [-0.15, -0.1) is 0 Å². The van der Waals surface area contributed by atoms with Crippen LogP contribution in [0.15, 0.2) is 45.3 Å². The largest absolute Gasteiger partial charge is 0.460 e. The van der Waals surface area contributed by atoms with Crippen molar-refractivity contribution in [3.05, 3.63) is 46.6 Å². The van der Waals surface area contributed by atoms with Crippen LogP contribution < -0.4 is 5.73 Å². The Hall–Kier alpha value is -1.10. The summed E-state index contributed by atoms with van der Waals surface area (Å²) in [6.45, 7) is 5.06. The molecule has 2 unspecified atom stereocenters. The molecular weight excluding hydrogens is 316 g/mol. The number of halogens is 1. The van der Waals surface area contributed by atoms with Gasteiger partial charge in [-0.2, -0.15) is 0 Å². The van der Waals surface area contributed by atoms with Crippen molar-refractivity contribution in [2.45, 2.75) is 19.5 Å². The van der Waals surface area contributed by atoms with Gasteiger partial charge in [-0.1, -0.05) is 35.0 Å². The summed E-state index contributed by atoms with van der Waals surface area (Å²) >= 11 is 3.44. The van der Waals surface area contributed by atoms with Gasteiger partial charge in [0.2, 0.25) is 0 Å². The minimum Gasteiger partial charge on any atom is -0.460 e. The molecule has 0 radical (unpaired) electrons. The summed E-state index contributed by atoms with van der Waals surface area (Å²) in [6.07, 6.45) is 0. The van der Waals surface area contributed by atoms with Crippen molar-refractivity contribution in [3.8, 4) is 11.3 Å². The number of hydrogen-bond donors (Lipinski definition) is 1. The molecule has 0 saturated carbocycles. The molecule has 0 spiro atoms. The van der Waals surface area contributed by atoms with E-state index in [1.54, 1.807) is 0 Å². The lowest BCUT2D eigenvalue weighted by molar-refractivity contribution is 0.289. The van der Waals surface area contributed by atoms with E-state index in [9.17, 15) is 0 Å². The highest BCUT2D eigenvalue weighted by Crippen LogP contribution is 2.25.